The third kappa shape index (κ3) is 5.26. The third-order valence-corrected chi connectivity index (χ3v) is 6.63. The van der Waals surface area contributed by atoms with E-state index < -0.39 is 27.7 Å². The molecule has 1 amide bonds. The molecule has 0 spiro atoms. The molecule has 27 heavy (non-hydrogen) atoms. The minimum atomic E-state index is -3.77. The molecule has 1 aromatic rings. The van der Waals surface area contributed by atoms with Crippen LogP contribution in [0.15, 0.2) is 23.1 Å². The van der Waals surface area contributed by atoms with Crippen LogP contribution in [0.1, 0.15) is 38.2 Å². The highest BCUT2D eigenvalue weighted by Crippen LogP contribution is 2.28. The summed E-state index contributed by atoms with van der Waals surface area (Å²) in [5.41, 5.74) is 0.356. The van der Waals surface area contributed by atoms with Gasteiger partial charge in [0.2, 0.25) is 10.0 Å². The number of rotatable bonds is 6. The molecule has 150 valence electrons. The minimum absolute atomic E-state index is 0.0892. The molecular formula is C18H25FN2O5S. The van der Waals surface area contributed by atoms with Crippen LogP contribution in [-0.2, 0) is 24.3 Å². The second-order valence-corrected chi connectivity index (χ2v) is 8.30. The first kappa shape index (κ1) is 21.3. The number of benzene rings is 1. The molecular weight excluding hydrogens is 375 g/mol. The van der Waals surface area contributed by atoms with E-state index in [1.54, 1.807) is 13.8 Å². The summed E-state index contributed by atoms with van der Waals surface area (Å²) in [5, 5.41) is 2.46. The first-order valence-electron chi connectivity index (χ1n) is 9.00. The topological polar surface area (TPSA) is 92.8 Å². The highest BCUT2D eigenvalue weighted by molar-refractivity contribution is 7.89. The summed E-state index contributed by atoms with van der Waals surface area (Å²) in [7, 11) is -3.77. The predicted octanol–water partition coefficient (Wildman–Crippen LogP) is 1.75. The first-order valence-corrected chi connectivity index (χ1v) is 10.4. The highest BCUT2D eigenvalue weighted by atomic mass is 32.2. The summed E-state index contributed by atoms with van der Waals surface area (Å²) in [6.07, 6.45) is 2.66. The van der Waals surface area contributed by atoms with E-state index in [1.165, 1.54) is 16.4 Å². The zero-order valence-corrected chi connectivity index (χ0v) is 16.4. The van der Waals surface area contributed by atoms with Crippen LogP contribution in [0.2, 0.25) is 0 Å². The van der Waals surface area contributed by atoms with Gasteiger partial charge in [0.15, 0.2) is 0 Å². The van der Waals surface area contributed by atoms with Crippen molar-refractivity contribution in [3.8, 4) is 0 Å². The molecule has 0 unspecified atom stereocenters. The summed E-state index contributed by atoms with van der Waals surface area (Å²) in [5.74, 6) is -2.27. The van der Waals surface area contributed by atoms with Crippen molar-refractivity contribution in [1.29, 1.82) is 0 Å². The molecule has 9 heteroatoms. The maximum atomic E-state index is 13.3. The van der Waals surface area contributed by atoms with E-state index in [0.717, 1.165) is 18.9 Å². The summed E-state index contributed by atoms with van der Waals surface area (Å²) in [6, 6.07) is 3.33. The van der Waals surface area contributed by atoms with Crippen molar-refractivity contribution in [2.24, 2.45) is 0 Å². The summed E-state index contributed by atoms with van der Waals surface area (Å²) in [6.45, 7) is 3.81. The molecule has 1 aliphatic heterocycles. The van der Waals surface area contributed by atoms with E-state index in [0.29, 0.717) is 24.9 Å². The van der Waals surface area contributed by atoms with Gasteiger partial charge in [0.05, 0.1) is 11.5 Å². The number of hydrogen-bond donors (Lipinski definition) is 1. The molecule has 1 saturated heterocycles. The minimum Gasteiger partial charge on any atom is -0.459 e. The fourth-order valence-corrected chi connectivity index (χ4v) is 5.16. The van der Waals surface area contributed by atoms with Gasteiger partial charge in [-0.25, -0.2) is 17.6 Å². The van der Waals surface area contributed by atoms with E-state index in [-0.39, 0.29) is 24.1 Å². The number of sulfonamides is 1. The number of amides is 1. The lowest BCUT2D eigenvalue weighted by atomic mass is 10.0. The van der Waals surface area contributed by atoms with E-state index in [9.17, 15) is 22.4 Å². The summed E-state index contributed by atoms with van der Waals surface area (Å²) >= 11 is 0. The van der Waals surface area contributed by atoms with Crippen LogP contribution in [0.3, 0.4) is 0 Å². The summed E-state index contributed by atoms with van der Waals surface area (Å²) in [4.78, 5) is 23.0. The van der Waals surface area contributed by atoms with Crippen LogP contribution in [-0.4, -0.2) is 50.3 Å². The van der Waals surface area contributed by atoms with Crippen LogP contribution >= 0.6 is 0 Å². The van der Waals surface area contributed by atoms with Crippen LogP contribution in [0.25, 0.3) is 0 Å². The van der Waals surface area contributed by atoms with Crippen LogP contribution in [0, 0.1) is 12.7 Å². The second kappa shape index (κ2) is 9.27. The Kier molecular flexibility index (Phi) is 7.32. The van der Waals surface area contributed by atoms with Gasteiger partial charge in [0, 0.05) is 19.1 Å². The van der Waals surface area contributed by atoms with Crippen LogP contribution < -0.4 is 5.32 Å². The number of aryl methyl sites for hydroxylation is 1. The smallest absolute Gasteiger partial charge is 0.396 e. The zero-order valence-electron chi connectivity index (χ0n) is 15.5. The van der Waals surface area contributed by atoms with Gasteiger partial charge >= 0.3 is 11.9 Å². The number of esters is 1. The quantitative estimate of drug-likeness (QED) is 0.580. The van der Waals surface area contributed by atoms with E-state index in [1.807, 2.05) is 0 Å². The van der Waals surface area contributed by atoms with E-state index >= 15 is 0 Å². The second-order valence-electron chi connectivity index (χ2n) is 6.44. The van der Waals surface area contributed by atoms with Gasteiger partial charge in [-0.1, -0.05) is 6.42 Å². The van der Waals surface area contributed by atoms with Gasteiger partial charge in [0.25, 0.3) is 0 Å². The predicted molar refractivity (Wildman–Crippen MR) is 96.9 cm³/mol. The molecule has 0 aliphatic carbocycles. The van der Waals surface area contributed by atoms with Crippen LogP contribution in [0.4, 0.5) is 4.39 Å². The Morgan fingerprint density at radius 1 is 1.33 bits per heavy atom. The van der Waals surface area contributed by atoms with Gasteiger partial charge in [0.1, 0.15) is 5.82 Å². The Hall–Kier alpha value is -2.00. The Morgan fingerprint density at radius 3 is 2.74 bits per heavy atom. The molecule has 1 aliphatic rings. The SMILES string of the molecule is CCOC(=O)C(=O)NCC[C@H]1CCCCN1S(=O)(=O)c1ccc(F)cc1C. The number of ether oxygens (including phenoxy) is 1. The maximum Gasteiger partial charge on any atom is 0.396 e. The van der Waals surface area contributed by atoms with Crippen molar-refractivity contribution >= 4 is 21.9 Å². The molecule has 0 aromatic heterocycles. The standard InChI is InChI=1S/C18H25FN2O5S/c1-3-26-18(23)17(22)20-10-9-15-6-4-5-11-21(15)27(24,25)16-8-7-14(19)12-13(16)2/h7-8,12,15H,3-6,9-11H2,1-2H3,(H,20,22)/t15-/m1/s1. The van der Waals surface area contributed by atoms with Crippen molar-refractivity contribution in [2.75, 3.05) is 19.7 Å². The number of carbonyl (C=O) groups excluding carboxylic acids is 2. The van der Waals surface area contributed by atoms with Crippen molar-refractivity contribution in [2.45, 2.75) is 50.5 Å². The molecule has 2 rings (SSSR count). The lowest BCUT2D eigenvalue weighted by Gasteiger charge is -2.35. The Bertz CT molecular complexity index is 797. The largest absolute Gasteiger partial charge is 0.459 e. The number of carbonyl (C=O) groups is 2. The van der Waals surface area contributed by atoms with Crippen molar-refractivity contribution in [3.05, 3.63) is 29.6 Å². The normalized spacial score (nSPS) is 18.1. The van der Waals surface area contributed by atoms with E-state index in [4.69, 9.17) is 0 Å². The van der Waals surface area contributed by atoms with E-state index in [2.05, 4.69) is 10.1 Å². The van der Waals surface area contributed by atoms with Gasteiger partial charge in [-0.15, -0.1) is 0 Å². The Morgan fingerprint density at radius 2 is 2.07 bits per heavy atom. The highest BCUT2D eigenvalue weighted by Gasteiger charge is 2.34. The third-order valence-electron chi connectivity index (χ3n) is 4.52. The zero-order chi connectivity index (χ0) is 20.0. The fourth-order valence-electron chi connectivity index (χ4n) is 3.23. The maximum absolute atomic E-state index is 13.3. The molecule has 0 saturated carbocycles. The average molecular weight is 400 g/mol. The lowest BCUT2D eigenvalue weighted by molar-refractivity contribution is -0.154. The van der Waals surface area contributed by atoms with Crippen LogP contribution in [0.5, 0.6) is 0 Å². The number of nitrogens with one attached hydrogen (secondary N) is 1. The molecule has 1 heterocycles. The number of hydrogen-bond acceptors (Lipinski definition) is 5. The Labute approximate surface area is 158 Å². The first-order chi connectivity index (χ1) is 12.8. The molecule has 7 nitrogen and oxygen atoms in total. The molecule has 0 bridgehead atoms. The summed E-state index contributed by atoms with van der Waals surface area (Å²) < 4.78 is 45.5. The van der Waals surface area contributed by atoms with Crippen molar-refractivity contribution in [1.82, 2.24) is 9.62 Å². The van der Waals surface area contributed by atoms with Gasteiger partial charge in [-0.3, -0.25) is 4.79 Å². The fraction of sp³-hybridized carbons (Fsp3) is 0.556. The van der Waals surface area contributed by atoms with Gasteiger partial charge in [-0.05, 0) is 56.9 Å². The van der Waals surface area contributed by atoms with Crippen molar-refractivity contribution < 1.29 is 27.1 Å². The van der Waals surface area contributed by atoms with Gasteiger partial charge in [-0.2, -0.15) is 4.31 Å². The molecule has 1 N–H and O–H groups in total. The number of halogens is 1. The molecule has 1 atom stereocenters. The Balaban J connectivity index is 2.08. The lowest BCUT2D eigenvalue weighted by Crippen LogP contribution is -2.45. The average Bonchev–Trinajstić information content (AvgIpc) is 2.61. The number of nitrogens with zero attached hydrogens (tertiary/aromatic N) is 1. The molecule has 1 fully saturated rings. The molecule has 1 aromatic carbocycles. The molecule has 0 radical (unpaired) electrons. The van der Waals surface area contributed by atoms with Gasteiger partial charge < -0.3 is 10.1 Å². The van der Waals surface area contributed by atoms with Crippen molar-refractivity contribution in [3.63, 3.8) is 0 Å². The monoisotopic (exact) mass is 400 g/mol. The number of piperidine rings is 1.